The van der Waals surface area contributed by atoms with Crippen molar-refractivity contribution < 1.29 is 5.11 Å². The smallest absolute Gasteiger partial charge is 0.0428 e. The van der Waals surface area contributed by atoms with Gasteiger partial charge in [0.05, 0.1) is 0 Å². The third-order valence-electron chi connectivity index (χ3n) is 0.931. The van der Waals surface area contributed by atoms with Crippen molar-refractivity contribution >= 4 is 0 Å². The Morgan fingerprint density at radius 3 is 1.08 bits per heavy atom. The molecule has 0 saturated heterocycles. The van der Waals surface area contributed by atoms with Crippen LogP contribution in [0.3, 0.4) is 0 Å². The number of hydrogen-bond donors (Lipinski definition) is 1. The summed E-state index contributed by atoms with van der Waals surface area (Å²) in [4.78, 5) is 0. The van der Waals surface area contributed by atoms with Gasteiger partial charge in [0.25, 0.3) is 0 Å². The maximum absolute atomic E-state index is 7.88. The van der Waals surface area contributed by atoms with Crippen molar-refractivity contribution in [2.45, 2.75) is 67.7 Å². The van der Waals surface area contributed by atoms with Gasteiger partial charge in [-0.3, -0.25) is 0 Å². The molecule has 0 aromatic heterocycles. The average Bonchev–Trinajstić information content (AvgIpc) is 2.10. The standard InChI is InChI=1S/C5H12.C3H8O.C2H6.CH4/c1-3-5-4-2;1-2-3-4;1-2;/h3-5H2,1-2H3;4H,2-3H2,1H3;1-2H3;1H4. The predicted molar refractivity (Wildman–Crippen MR) is 60.7 cm³/mol. The molecule has 0 spiro atoms. The van der Waals surface area contributed by atoms with E-state index in [1.54, 1.807) is 0 Å². The van der Waals surface area contributed by atoms with Crippen molar-refractivity contribution in [3.63, 3.8) is 0 Å². The Bertz CT molecular complexity index is 24.2. The second-order valence-electron chi connectivity index (χ2n) is 2.08. The summed E-state index contributed by atoms with van der Waals surface area (Å²) in [5.41, 5.74) is 0. The van der Waals surface area contributed by atoms with E-state index in [-0.39, 0.29) is 7.43 Å². The van der Waals surface area contributed by atoms with Crippen molar-refractivity contribution in [2.75, 3.05) is 6.61 Å². The highest BCUT2D eigenvalue weighted by atomic mass is 16.2. The Hall–Kier alpha value is -0.0400. The van der Waals surface area contributed by atoms with Gasteiger partial charge in [0.2, 0.25) is 0 Å². The number of unbranched alkanes of at least 4 members (excludes halogenated alkanes) is 2. The lowest BCUT2D eigenvalue weighted by molar-refractivity contribution is 0.295. The van der Waals surface area contributed by atoms with Gasteiger partial charge >= 0.3 is 0 Å². The zero-order chi connectivity index (χ0) is 9.54. The Morgan fingerprint density at radius 2 is 1.08 bits per heavy atom. The molecule has 1 heteroatoms. The van der Waals surface area contributed by atoms with E-state index in [1.165, 1.54) is 19.3 Å². The van der Waals surface area contributed by atoms with Crippen LogP contribution in [0.1, 0.15) is 67.7 Å². The molecule has 0 saturated carbocycles. The normalized spacial score (nSPS) is 6.50. The molecule has 0 unspecified atom stereocenters. The highest BCUT2D eigenvalue weighted by Gasteiger charge is 1.68. The van der Waals surface area contributed by atoms with Crippen LogP contribution in [-0.2, 0) is 0 Å². The molecule has 0 radical (unpaired) electrons. The van der Waals surface area contributed by atoms with E-state index < -0.39 is 0 Å². The molecule has 0 fully saturated rings. The van der Waals surface area contributed by atoms with Gasteiger partial charge in [-0.05, 0) is 6.42 Å². The van der Waals surface area contributed by atoms with Crippen LogP contribution >= 0.6 is 0 Å². The zero-order valence-electron chi connectivity index (χ0n) is 8.98. The van der Waals surface area contributed by atoms with E-state index in [9.17, 15) is 0 Å². The topological polar surface area (TPSA) is 20.2 Å². The first kappa shape index (κ1) is 22.7. The minimum atomic E-state index is 0. The van der Waals surface area contributed by atoms with Crippen LogP contribution in [0, 0.1) is 0 Å². The van der Waals surface area contributed by atoms with Gasteiger partial charge in [-0.2, -0.15) is 0 Å². The summed E-state index contributed by atoms with van der Waals surface area (Å²) in [7, 11) is 0. The van der Waals surface area contributed by atoms with Crippen molar-refractivity contribution in [2.24, 2.45) is 0 Å². The third kappa shape index (κ3) is 91.3. The van der Waals surface area contributed by atoms with Crippen LogP contribution < -0.4 is 0 Å². The van der Waals surface area contributed by atoms with Gasteiger partial charge in [-0.1, -0.05) is 61.3 Å². The third-order valence-corrected chi connectivity index (χ3v) is 0.931. The largest absolute Gasteiger partial charge is 0.396 e. The first-order valence-corrected chi connectivity index (χ1v) is 4.94. The lowest BCUT2D eigenvalue weighted by Gasteiger charge is -1.79. The van der Waals surface area contributed by atoms with Crippen LogP contribution in [0.4, 0.5) is 0 Å². The fraction of sp³-hybridized carbons (Fsp3) is 1.00. The van der Waals surface area contributed by atoms with Gasteiger partial charge in [-0.25, -0.2) is 0 Å². The second kappa shape index (κ2) is 44.2. The van der Waals surface area contributed by atoms with Crippen molar-refractivity contribution in [1.29, 1.82) is 0 Å². The van der Waals surface area contributed by atoms with Gasteiger partial charge < -0.3 is 5.11 Å². The Morgan fingerprint density at radius 1 is 0.833 bits per heavy atom. The van der Waals surface area contributed by atoms with E-state index in [4.69, 9.17) is 5.11 Å². The summed E-state index contributed by atoms with van der Waals surface area (Å²) < 4.78 is 0. The Balaban J connectivity index is -0.0000000419. The fourth-order valence-corrected chi connectivity index (χ4v) is 0.354. The molecule has 0 rings (SSSR count). The van der Waals surface area contributed by atoms with E-state index in [0.29, 0.717) is 6.61 Å². The summed E-state index contributed by atoms with van der Waals surface area (Å²) in [6.07, 6.45) is 4.95. The average molecular weight is 178 g/mol. The molecule has 1 nitrogen and oxygen atoms in total. The molecule has 0 aromatic rings. The van der Waals surface area contributed by atoms with Crippen LogP contribution in [0.2, 0.25) is 0 Å². The molecule has 0 aliphatic carbocycles. The van der Waals surface area contributed by atoms with Gasteiger partial charge in [0, 0.05) is 6.61 Å². The molecule has 0 amide bonds. The monoisotopic (exact) mass is 178 g/mol. The van der Waals surface area contributed by atoms with E-state index in [1.807, 2.05) is 20.8 Å². The fourth-order valence-electron chi connectivity index (χ4n) is 0.354. The zero-order valence-corrected chi connectivity index (χ0v) is 8.98. The molecule has 80 valence electrons. The van der Waals surface area contributed by atoms with Crippen molar-refractivity contribution in [3.8, 4) is 0 Å². The first-order chi connectivity index (χ1) is 5.33. The predicted octanol–water partition coefficient (Wildman–Crippen LogP) is 4.25. The maximum atomic E-state index is 7.88. The SMILES string of the molecule is C.CC.CCCCC.CCCO. The molecule has 12 heavy (non-hydrogen) atoms. The van der Waals surface area contributed by atoms with Gasteiger partial charge in [-0.15, -0.1) is 0 Å². The first-order valence-electron chi connectivity index (χ1n) is 4.94. The lowest BCUT2D eigenvalue weighted by Crippen LogP contribution is -1.69. The van der Waals surface area contributed by atoms with E-state index in [2.05, 4.69) is 13.8 Å². The molecule has 0 aromatic carbocycles. The van der Waals surface area contributed by atoms with Crippen molar-refractivity contribution in [3.05, 3.63) is 0 Å². The molecule has 0 aliphatic rings. The number of aliphatic hydroxyl groups is 1. The van der Waals surface area contributed by atoms with E-state index in [0.717, 1.165) is 6.42 Å². The molecule has 1 N–H and O–H groups in total. The molecule has 0 bridgehead atoms. The summed E-state index contributed by atoms with van der Waals surface area (Å²) in [5, 5.41) is 7.88. The Labute approximate surface area is 80.2 Å². The highest BCUT2D eigenvalue weighted by Crippen LogP contribution is 1.88. The molecular formula is C11H30O. The van der Waals surface area contributed by atoms with Crippen LogP contribution in [0.25, 0.3) is 0 Å². The minimum Gasteiger partial charge on any atom is -0.396 e. The van der Waals surface area contributed by atoms with Gasteiger partial charge in [0.15, 0.2) is 0 Å². The lowest BCUT2D eigenvalue weighted by atomic mass is 10.3. The highest BCUT2D eigenvalue weighted by molar-refractivity contribution is 4.24. The number of hydrogen-bond acceptors (Lipinski definition) is 1. The summed E-state index contributed by atoms with van der Waals surface area (Å²) >= 11 is 0. The summed E-state index contributed by atoms with van der Waals surface area (Å²) in [5.74, 6) is 0. The van der Waals surface area contributed by atoms with Crippen LogP contribution in [0.5, 0.6) is 0 Å². The van der Waals surface area contributed by atoms with Gasteiger partial charge in [0.1, 0.15) is 0 Å². The molecule has 0 atom stereocenters. The summed E-state index contributed by atoms with van der Waals surface area (Å²) in [6.45, 7) is 10.7. The van der Waals surface area contributed by atoms with E-state index >= 15 is 0 Å². The second-order valence-corrected chi connectivity index (χ2v) is 2.08. The maximum Gasteiger partial charge on any atom is 0.0428 e. The molecule has 0 aliphatic heterocycles. The van der Waals surface area contributed by atoms with Crippen molar-refractivity contribution in [1.82, 2.24) is 0 Å². The molecule has 0 heterocycles. The minimum absolute atomic E-state index is 0. The van der Waals surface area contributed by atoms with Crippen LogP contribution in [0.15, 0.2) is 0 Å². The van der Waals surface area contributed by atoms with Crippen LogP contribution in [-0.4, -0.2) is 11.7 Å². The quantitative estimate of drug-likeness (QED) is 0.685. The molecular weight excluding hydrogens is 148 g/mol. The summed E-state index contributed by atoms with van der Waals surface area (Å²) in [6, 6.07) is 0. The number of rotatable bonds is 3. The number of aliphatic hydroxyl groups excluding tert-OH is 1. The Kier molecular flexibility index (Phi) is 83.5.